The number of aryl methyl sites for hydroxylation is 2. The Hall–Kier alpha value is -1.89. The predicted molar refractivity (Wildman–Crippen MR) is 93.0 cm³/mol. The van der Waals surface area contributed by atoms with E-state index in [0.29, 0.717) is 13.2 Å². The van der Waals surface area contributed by atoms with Gasteiger partial charge in [0, 0.05) is 18.3 Å². The average molecular weight is 348 g/mol. The minimum atomic E-state index is -0.981. The van der Waals surface area contributed by atoms with Crippen LogP contribution in [0.1, 0.15) is 44.0 Å². The second-order valence-corrected chi connectivity index (χ2v) is 7.43. The molecule has 1 aromatic rings. The molecule has 0 bridgehead atoms. The Morgan fingerprint density at radius 3 is 2.72 bits per heavy atom. The Bertz CT molecular complexity index is 651. The molecule has 2 amide bonds. The summed E-state index contributed by atoms with van der Waals surface area (Å²) in [5, 5.41) is 7.43. The van der Waals surface area contributed by atoms with Gasteiger partial charge in [0.05, 0.1) is 18.8 Å². The summed E-state index contributed by atoms with van der Waals surface area (Å²) in [4.78, 5) is 27.0. The van der Waals surface area contributed by atoms with E-state index in [-0.39, 0.29) is 30.9 Å². The fourth-order valence-electron chi connectivity index (χ4n) is 3.69. The number of nitrogens with one attached hydrogen (secondary N) is 1. The Labute approximate surface area is 148 Å². The molecule has 1 atom stereocenters. The fraction of sp³-hybridized carbons (Fsp3) is 0.722. The van der Waals surface area contributed by atoms with Crippen LogP contribution in [-0.2, 0) is 20.9 Å². The first-order valence-electron chi connectivity index (χ1n) is 9.11. The number of hydrogen-bond acceptors (Lipinski definition) is 4. The van der Waals surface area contributed by atoms with E-state index in [1.807, 2.05) is 19.9 Å². The van der Waals surface area contributed by atoms with Gasteiger partial charge >= 0.3 is 0 Å². The molecule has 138 valence electrons. The molecule has 0 aromatic carbocycles. The molecule has 0 radical (unpaired) electrons. The maximum atomic E-state index is 12.7. The minimum Gasteiger partial charge on any atom is -0.362 e. The highest BCUT2D eigenvalue weighted by Crippen LogP contribution is 2.22. The number of ether oxygens (including phenoxy) is 1. The molecule has 2 fully saturated rings. The Morgan fingerprint density at radius 2 is 2.08 bits per heavy atom. The molecule has 0 spiro atoms. The minimum absolute atomic E-state index is 0.0330. The van der Waals surface area contributed by atoms with E-state index in [9.17, 15) is 9.59 Å². The topological polar surface area (TPSA) is 76.5 Å². The molecule has 1 N–H and O–H groups in total. The van der Waals surface area contributed by atoms with Crippen molar-refractivity contribution in [2.45, 2.75) is 64.6 Å². The van der Waals surface area contributed by atoms with Gasteiger partial charge in [-0.2, -0.15) is 5.10 Å². The monoisotopic (exact) mass is 348 g/mol. The standard InChI is InChI=1S/C18H28N4O3/c1-13-10-14(2)22(20-13)11-16(23)21-8-9-25-18(3,12-21)17(24)19-15-6-4-5-7-15/h10,15H,4-9,11-12H2,1-3H3,(H,19,24). The lowest BCUT2D eigenvalue weighted by Gasteiger charge is -2.39. The van der Waals surface area contributed by atoms with E-state index < -0.39 is 5.60 Å². The third kappa shape index (κ3) is 4.03. The first-order valence-corrected chi connectivity index (χ1v) is 9.11. The second-order valence-electron chi connectivity index (χ2n) is 7.43. The van der Waals surface area contributed by atoms with Crippen LogP contribution in [0, 0.1) is 13.8 Å². The van der Waals surface area contributed by atoms with Gasteiger partial charge in [-0.25, -0.2) is 0 Å². The number of hydrogen-bond donors (Lipinski definition) is 1. The summed E-state index contributed by atoms with van der Waals surface area (Å²) in [5.41, 5.74) is 0.875. The molecule has 2 aliphatic rings. The van der Waals surface area contributed by atoms with Gasteiger partial charge < -0.3 is 15.0 Å². The zero-order valence-corrected chi connectivity index (χ0v) is 15.4. The largest absolute Gasteiger partial charge is 0.362 e. The van der Waals surface area contributed by atoms with Gasteiger partial charge in [-0.15, -0.1) is 0 Å². The molecule has 2 heterocycles. The van der Waals surface area contributed by atoms with Crippen LogP contribution < -0.4 is 5.32 Å². The highest BCUT2D eigenvalue weighted by atomic mass is 16.5. The zero-order valence-electron chi connectivity index (χ0n) is 15.4. The molecular weight excluding hydrogens is 320 g/mol. The summed E-state index contributed by atoms with van der Waals surface area (Å²) < 4.78 is 7.48. The molecule has 7 heteroatoms. The number of rotatable bonds is 4. The average Bonchev–Trinajstić information content (AvgIpc) is 3.17. The van der Waals surface area contributed by atoms with E-state index in [2.05, 4.69) is 10.4 Å². The van der Waals surface area contributed by atoms with Crippen molar-refractivity contribution >= 4 is 11.8 Å². The van der Waals surface area contributed by atoms with Crippen molar-refractivity contribution < 1.29 is 14.3 Å². The van der Waals surface area contributed by atoms with Crippen molar-refractivity contribution in [1.82, 2.24) is 20.0 Å². The maximum absolute atomic E-state index is 12.7. The summed E-state index contributed by atoms with van der Waals surface area (Å²) in [5.74, 6) is -0.141. The molecule has 1 aliphatic heterocycles. The molecular formula is C18H28N4O3. The van der Waals surface area contributed by atoms with E-state index in [1.54, 1.807) is 16.5 Å². The van der Waals surface area contributed by atoms with E-state index >= 15 is 0 Å². The lowest BCUT2D eigenvalue weighted by molar-refractivity contribution is -0.163. The molecule has 25 heavy (non-hydrogen) atoms. The van der Waals surface area contributed by atoms with Crippen LogP contribution >= 0.6 is 0 Å². The molecule has 1 saturated carbocycles. The molecule has 1 aromatic heterocycles. The van der Waals surface area contributed by atoms with Crippen molar-refractivity contribution in [3.63, 3.8) is 0 Å². The second kappa shape index (κ2) is 7.15. The number of nitrogens with zero attached hydrogens (tertiary/aromatic N) is 3. The van der Waals surface area contributed by atoms with Gasteiger partial charge in [0.25, 0.3) is 5.91 Å². The van der Waals surface area contributed by atoms with Crippen molar-refractivity contribution in [2.24, 2.45) is 0 Å². The van der Waals surface area contributed by atoms with Crippen molar-refractivity contribution in [3.8, 4) is 0 Å². The first kappa shape index (κ1) is 17.9. The third-order valence-corrected chi connectivity index (χ3v) is 5.19. The van der Waals surface area contributed by atoms with Crippen LogP contribution in [0.25, 0.3) is 0 Å². The van der Waals surface area contributed by atoms with Gasteiger partial charge in [-0.1, -0.05) is 12.8 Å². The summed E-state index contributed by atoms with van der Waals surface area (Å²) in [6.07, 6.45) is 4.39. The number of carbonyl (C=O) groups is 2. The summed E-state index contributed by atoms with van der Waals surface area (Å²) in [6, 6.07) is 2.19. The number of aromatic nitrogens is 2. The van der Waals surface area contributed by atoms with Crippen LogP contribution in [0.3, 0.4) is 0 Å². The highest BCUT2D eigenvalue weighted by Gasteiger charge is 2.41. The van der Waals surface area contributed by atoms with Gasteiger partial charge in [-0.05, 0) is 39.7 Å². The van der Waals surface area contributed by atoms with Gasteiger partial charge in [0.15, 0.2) is 5.60 Å². The lowest BCUT2D eigenvalue weighted by atomic mass is 10.0. The SMILES string of the molecule is Cc1cc(C)n(CC(=O)N2CCOC(C)(C(=O)NC3CCCC3)C2)n1. The van der Waals surface area contributed by atoms with Gasteiger partial charge in [0.2, 0.25) is 5.91 Å². The van der Waals surface area contributed by atoms with E-state index in [1.165, 1.54) is 0 Å². The van der Waals surface area contributed by atoms with Crippen LogP contribution in [0.4, 0.5) is 0 Å². The lowest BCUT2D eigenvalue weighted by Crippen LogP contribution is -2.60. The van der Waals surface area contributed by atoms with E-state index in [0.717, 1.165) is 37.1 Å². The van der Waals surface area contributed by atoms with Crippen LogP contribution in [0.5, 0.6) is 0 Å². The predicted octanol–water partition coefficient (Wildman–Crippen LogP) is 1.18. The molecule has 1 unspecified atom stereocenters. The quantitative estimate of drug-likeness (QED) is 0.886. The fourth-order valence-corrected chi connectivity index (χ4v) is 3.69. The normalized spacial score (nSPS) is 24.5. The summed E-state index contributed by atoms with van der Waals surface area (Å²) in [7, 11) is 0. The van der Waals surface area contributed by atoms with Gasteiger partial charge in [-0.3, -0.25) is 14.3 Å². The first-order chi connectivity index (χ1) is 11.9. The Kier molecular flexibility index (Phi) is 5.13. The van der Waals surface area contributed by atoms with Crippen molar-refractivity contribution in [3.05, 3.63) is 17.5 Å². The third-order valence-electron chi connectivity index (χ3n) is 5.19. The van der Waals surface area contributed by atoms with Crippen LogP contribution in [-0.4, -0.2) is 57.8 Å². The van der Waals surface area contributed by atoms with Crippen LogP contribution in [0.15, 0.2) is 6.07 Å². The summed E-state index contributed by atoms with van der Waals surface area (Å²) >= 11 is 0. The zero-order chi connectivity index (χ0) is 18.0. The smallest absolute Gasteiger partial charge is 0.254 e. The van der Waals surface area contributed by atoms with Crippen molar-refractivity contribution in [2.75, 3.05) is 19.7 Å². The van der Waals surface area contributed by atoms with Crippen molar-refractivity contribution in [1.29, 1.82) is 0 Å². The Morgan fingerprint density at radius 1 is 1.36 bits per heavy atom. The molecule has 1 saturated heterocycles. The summed E-state index contributed by atoms with van der Waals surface area (Å²) in [6.45, 7) is 6.98. The van der Waals surface area contributed by atoms with E-state index in [4.69, 9.17) is 4.74 Å². The van der Waals surface area contributed by atoms with Gasteiger partial charge in [0.1, 0.15) is 6.54 Å². The highest BCUT2D eigenvalue weighted by molar-refractivity contribution is 5.86. The Balaban J connectivity index is 1.62. The molecule has 3 rings (SSSR count). The maximum Gasteiger partial charge on any atom is 0.254 e. The molecule has 7 nitrogen and oxygen atoms in total. The number of amides is 2. The molecule has 1 aliphatic carbocycles. The number of morpholine rings is 1. The number of carbonyl (C=O) groups excluding carboxylic acids is 2. The van der Waals surface area contributed by atoms with Crippen LogP contribution in [0.2, 0.25) is 0 Å².